The van der Waals surface area contributed by atoms with Gasteiger partial charge in [-0.05, 0) is 30.7 Å². The van der Waals surface area contributed by atoms with E-state index in [4.69, 9.17) is 4.74 Å². The highest BCUT2D eigenvalue weighted by Crippen LogP contribution is 2.43. The van der Waals surface area contributed by atoms with Crippen molar-refractivity contribution in [2.24, 2.45) is 0 Å². The Morgan fingerprint density at radius 3 is 2.73 bits per heavy atom. The van der Waals surface area contributed by atoms with Crippen LogP contribution < -0.4 is 5.32 Å². The van der Waals surface area contributed by atoms with Gasteiger partial charge in [-0.25, -0.2) is 8.78 Å². The molecule has 1 aromatic carbocycles. The zero-order valence-corrected chi connectivity index (χ0v) is 13.7. The third kappa shape index (κ3) is 2.92. The Kier molecular flexibility index (Phi) is 4.67. The number of amides is 1. The molecule has 0 bridgehead atoms. The Balaban J connectivity index is 2.65. The second-order valence-corrected chi connectivity index (χ2v) is 6.47. The van der Waals surface area contributed by atoms with Gasteiger partial charge in [0.2, 0.25) is 5.91 Å². The fourth-order valence-corrected chi connectivity index (χ4v) is 3.29. The van der Waals surface area contributed by atoms with Crippen molar-refractivity contribution in [1.82, 2.24) is 5.32 Å². The number of hydrogen-bond acceptors (Lipinski definition) is 3. The topological polar surface area (TPSA) is 55.4 Å². The Hall–Kier alpha value is -1.34. The molecule has 0 aliphatic carbocycles. The van der Waals surface area contributed by atoms with Crippen molar-refractivity contribution in [3.8, 4) is 0 Å². The number of ether oxygens (including phenoxy) is 1. The molecule has 0 saturated carbocycles. The van der Waals surface area contributed by atoms with Gasteiger partial charge in [-0.15, -0.1) is 0 Å². The van der Waals surface area contributed by atoms with Gasteiger partial charge in [0.25, 0.3) is 0 Å². The summed E-state index contributed by atoms with van der Waals surface area (Å²) in [6, 6.07) is 3.77. The summed E-state index contributed by atoms with van der Waals surface area (Å²) in [6.07, 6.45) is -0.555. The molecule has 120 valence electrons. The molecule has 1 saturated heterocycles. The first-order valence-corrected chi connectivity index (χ1v) is 7.54. The smallest absolute Gasteiger partial charge is 0.217 e. The lowest BCUT2D eigenvalue weighted by Crippen LogP contribution is -2.66. The molecule has 0 aromatic heterocycles. The molecule has 1 fully saturated rings. The largest absolute Gasteiger partial charge is 0.375 e. The summed E-state index contributed by atoms with van der Waals surface area (Å²) < 4.78 is 35.0. The second-order valence-electron chi connectivity index (χ2n) is 5.55. The minimum Gasteiger partial charge on any atom is -0.375 e. The normalized spacial score (nSPS) is 31.6. The molecule has 7 heteroatoms. The van der Waals surface area contributed by atoms with Crippen LogP contribution in [0.3, 0.4) is 0 Å². The monoisotopic (exact) mass is 375 g/mol. The maximum atomic E-state index is 15.4. The van der Waals surface area contributed by atoms with Crippen molar-refractivity contribution in [3.05, 3.63) is 34.1 Å². The van der Waals surface area contributed by atoms with Crippen LogP contribution in [0.15, 0.2) is 22.7 Å². The van der Waals surface area contributed by atoms with Crippen LogP contribution in [-0.4, -0.2) is 30.6 Å². The molecular formula is C15H16BrF2NO3. The van der Waals surface area contributed by atoms with E-state index in [2.05, 4.69) is 21.2 Å². The molecule has 2 rings (SSSR count). The Labute approximate surface area is 135 Å². The van der Waals surface area contributed by atoms with E-state index in [9.17, 15) is 14.0 Å². The standard InChI is InChI=1S/C15H16BrF2NO3/c1-9-6-14(18,7-20)15(8-22-9,19-10(2)21)11-3-12(16)5-13(17)4-11/h3-5,7,9H,6,8H2,1-2H3,(H,19,21)/t9-,14+,15+/m0/s1. The number of benzene rings is 1. The summed E-state index contributed by atoms with van der Waals surface area (Å²) in [4.78, 5) is 23.1. The molecule has 1 aliphatic rings. The van der Waals surface area contributed by atoms with Crippen molar-refractivity contribution < 1.29 is 23.1 Å². The maximum Gasteiger partial charge on any atom is 0.217 e. The fourth-order valence-electron chi connectivity index (χ4n) is 2.82. The van der Waals surface area contributed by atoms with E-state index in [1.807, 2.05) is 0 Å². The molecular weight excluding hydrogens is 360 g/mol. The van der Waals surface area contributed by atoms with Gasteiger partial charge in [-0.3, -0.25) is 9.59 Å². The van der Waals surface area contributed by atoms with Crippen LogP contribution >= 0.6 is 15.9 Å². The second kappa shape index (κ2) is 6.04. The van der Waals surface area contributed by atoms with Gasteiger partial charge in [0, 0.05) is 17.8 Å². The van der Waals surface area contributed by atoms with Gasteiger partial charge in [-0.1, -0.05) is 15.9 Å². The van der Waals surface area contributed by atoms with Gasteiger partial charge in [0.15, 0.2) is 12.0 Å². The Bertz CT molecular complexity index is 592. The molecule has 1 amide bonds. The summed E-state index contributed by atoms with van der Waals surface area (Å²) in [5, 5.41) is 2.47. The molecule has 0 unspecified atom stereocenters. The van der Waals surface area contributed by atoms with Crippen LogP contribution in [-0.2, 0) is 19.9 Å². The van der Waals surface area contributed by atoms with E-state index in [1.165, 1.54) is 19.1 Å². The van der Waals surface area contributed by atoms with Crippen molar-refractivity contribution in [1.29, 1.82) is 0 Å². The van der Waals surface area contributed by atoms with Crippen LogP contribution in [0.5, 0.6) is 0 Å². The zero-order chi connectivity index (χ0) is 16.5. The minimum atomic E-state index is -2.40. The van der Waals surface area contributed by atoms with Crippen LogP contribution in [0.4, 0.5) is 8.78 Å². The number of aldehydes is 1. The molecule has 4 nitrogen and oxygen atoms in total. The number of carbonyl (C=O) groups excluding carboxylic acids is 2. The van der Waals surface area contributed by atoms with E-state index >= 15 is 4.39 Å². The predicted molar refractivity (Wildman–Crippen MR) is 79.5 cm³/mol. The number of halogens is 3. The van der Waals surface area contributed by atoms with Gasteiger partial charge in [0.05, 0.1) is 12.7 Å². The molecule has 1 aliphatic heterocycles. The van der Waals surface area contributed by atoms with Crippen molar-refractivity contribution in [2.45, 2.75) is 37.6 Å². The maximum absolute atomic E-state index is 15.4. The summed E-state index contributed by atoms with van der Waals surface area (Å²) in [5.41, 5.74) is -4.03. The summed E-state index contributed by atoms with van der Waals surface area (Å²) in [6.45, 7) is 2.58. The molecule has 1 heterocycles. The molecule has 22 heavy (non-hydrogen) atoms. The van der Waals surface area contributed by atoms with Crippen molar-refractivity contribution in [2.75, 3.05) is 6.61 Å². The number of carbonyl (C=O) groups is 2. The summed E-state index contributed by atoms with van der Waals surface area (Å²) >= 11 is 3.14. The van der Waals surface area contributed by atoms with Crippen LogP contribution in [0.2, 0.25) is 0 Å². The van der Waals surface area contributed by atoms with Crippen LogP contribution in [0.1, 0.15) is 25.8 Å². The first-order valence-electron chi connectivity index (χ1n) is 6.74. The SMILES string of the molecule is CC(=O)N[C@@]1(c2cc(F)cc(Br)c2)CO[C@@H](C)C[C@@]1(F)C=O. The van der Waals surface area contributed by atoms with Crippen molar-refractivity contribution in [3.63, 3.8) is 0 Å². The van der Waals surface area contributed by atoms with Crippen molar-refractivity contribution >= 4 is 28.1 Å². The number of rotatable bonds is 3. The number of hydrogen-bond donors (Lipinski definition) is 1. The van der Waals surface area contributed by atoms with Crippen LogP contribution in [0, 0.1) is 5.82 Å². The van der Waals surface area contributed by atoms with E-state index in [0.717, 1.165) is 6.07 Å². The lowest BCUT2D eigenvalue weighted by atomic mass is 9.72. The fraction of sp³-hybridized carbons (Fsp3) is 0.467. The average molecular weight is 376 g/mol. The first kappa shape index (κ1) is 17.0. The summed E-state index contributed by atoms with van der Waals surface area (Å²) in [7, 11) is 0. The third-order valence-corrected chi connectivity index (χ3v) is 4.27. The first-order chi connectivity index (χ1) is 10.2. The highest BCUT2D eigenvalue weighted by molar-refractivity contribution is 9.10. The molecule has 1 N–H and O–H groups in total. The highest BCUT2D eigenvalue weighted by Gasteiger charge is 2.58. The van der Waals surface area contributed by atoms with E-state index in [-0.39, 0.29) is 24.9 Å². The van der Waals surface area contributed by atoms with E-state index in [1.54, 1.807) is 6.92 Å². The van der Waals surface area contributed by atoms with Gasteiger partial charge in [0.1, 0.15) is 11.4 Å². The molecule has 3 atom stereocenters. The van der Waals surface area contributed by atoms with Crippen LogP contribution in [0.25, 0.3) is 0 Å². The Morgan fingerprint density at radius 1 is 1.50 bits per heavy atom. The lowest BCUT2D eigenvalue weighted by molar-refractivity contribution is -0.155. The average Bonchev–Trinajstić information content (AvgIpc) is 2.40. The predicted octanol–water partition coefficient (Wildman–Crippen LogP) is 2.64. The van der Waals surface area contributed by atoms with Gasteiger partial charge < -0.3 is 10.1 Å². The minimum absolute atomic E-state index is 0.135. The number of alkyl halides is 1. The van der Waals surface area contributed by atoms with Gasteiger partial charge in [-0.2, -0.15) is 0 Å². The number of nitrogens with one attached hydrogen (secondary N) is 1. The lowest BCUT2D eigenvalue weighted by Gasteiger charge is -2.47. The molecule has 0 radical (unpaired) electrons. The molecule has 0 spiro atoms. The Morgan fingerprint density at radius 2 is 2.18 bits per heavy atom. The highest BCUT2D eigenvalue weighted by atomic mass is 79.9. The third-order valence-electron chi connectivity index (χ3n) is 3.81. The quantitative estimate of drug-likeness (QED) is 0.826. The van der Waals surface area contributed by atoms with E-state index in [0.29, 0.717) is 4.47 Å². The van der Waals surface area contributed by atoms with E-state index < -0.39 is 29.0 Å². The molecule has 1 aromatic rings. The van der Waals surface area contributed by atoms with Gasteiger partial charge >= 0.3 is 0 Å². The zero-order valence-electron chi connectivity index (χ0n) is 12.2. The summed E-state index contributed by atoms with van der Waals surface area (Å²) in [5.74, 6) is -1.15.